The van der Waals surface area contributed by atoms with Gasteiger partial charge in [-0.3, -0.25) is 0 Å². The van der Waals surface area contributed by atoms with Crippen LogP contribution in [0.5, 0.6) is 0 Å². The smallest absolute Gasteiger partial charge is 0.129 e. The minimum atomic E-state index is -0.973. The van der Waals surface area contributed by atoms with Gasteiger partial charge >= 0.3 is 0 Å². The maximum Gasteiger partial charge on any atom is 0.129 e. The van der Waals surface area contributed by atoms with Gasteiger partial charge in [-0.25, -0.2) is 8.78 Å². The number of hydrogen-bond acceptors (Lipinski definition) is 0. The maximum atomic E-state index is 12.7. The molecule has 0 aromatic heterocycles. The summed E-state index contributed by atoms with van der Waals surface area (Å²) in [6.45, 7) is 0. The van der Waals surface area contributed by atoms with Gasteiger partial charge < -0.3 is 0 Å². The Morgan fingerprint density at radius 2 is 2.20 bits per heavy atom. The summed E-state index contributed by atoms with van der Waals surface area (Å²) in [5.74, 6) is -0.288. The number of rotatable bonds is 0. The summed E-state index contributed by atoms with van der Waals surface area (Å²) < 4.78 is 25.4. The van der Waals surface area contributed by atoms with Crippen molar-refractivity contribution in [3.8, 4) is 0 Å². The summed E-state index contributed by atoms with van der Waals surface area (Å²) in [4.78, 5) is 0. The molecule has 2 bridgehead atoms. The molecule has 1 aromatic carbocycles. The number of halogens is 2. The van der Waals surface area contributed by atoms with Gasteiger partial charge in [-0.1, -0.05) is 6.07 Å². The number of alkyl halides is 1. The van der Waals surface area contributed by atoms with E-state index in [4.69, 9.17) is 0 Å². The zero-order valence-corrected chi connectivity index (χ0v) is 5.27. The van der Waals surface area contributed by atoms with Crippen molar-refractivity contribution in [3.63, 3.8) is 0 Å². The van der Waals surface area contributed by atoms with Crippen molar-refractivity contribution < 1.29 is 8.78 Å². The van der Waals surface area contributed by atoms with E-state index in [0.29, 0.717) is 11.1 Å². The van der Waals surface area contributed by atoms with Gasteiger partial charge in [0.05, 0.1) is 0 Å². The van der Waals surface area contributed by atoms with E-state index in [1.54, 1.807) is 6.07 Å². The SMILES string of the molecule is Fc1ccc2cc1CC2F. The zero-order chi connectivity index (χ0) is 7.14. The number of hydrogen-bond donors (Lipinski definition) is 0. The molecule has 10 heavy (non-hydrogen) atoms. The predicted octanol–water partition coefficient (Wildman–Crippen LogP) is 2.39. The minimum Gasteiger partial charge on any atom is -0.242 e. The molecule has 0 amide bonds. The maximum absolute atomic E-state index is 12.7. The fourth-order valence-corrected chi connectivity index (χ4v) is 1.26. The molecule has 52 valence electrons. The molecule has 1 aromatic rings. The van der Waals surface area contributed by atoms with Crippen molar-refractivity contribution in [3.05, 3.63) is 35.1 Å². The van der Waals surface area contributed by atoms with Gasteiger partial charge in [0.25, 0.3) is 0 Å². The molecule has 0 saturated carbocycles. The van der Waals surface area contributed by atoms with Crippen LogP contribution in [0.25, 0.3) is 0 Å². The van der Waals surface area contributed by atoms with Crippen molar-refractivity contribution in [2.24, 2.45) is 0 Å². The second kappa shape index (κ2) is 1.78. The lowest BCUT2D eigenvalue weighted by Gasteiger charge is -1.92. The van der Waals surface area contributed by atoms with Crippen LogP contribution >= 0.6 is 0 Å². The lowest BCUT2D eigenvalue weighted by molar-refractivity contribution is 0.352. The Bertz CT molecular complexity index is 268. The van der Waals surface area contributed by atoms with Crippen molar-refractivity contribution in [2.75, 3.05) is 0 Å². The van der Waals surface area contributed by atoms with Crippen molar-refractivity contribution in [1.29, 1.82) is 0 Å². The summed E-state index contributed by atoms with van der Waals surface area (Å²) in [5.41, 5.74) is 1.11. The highest BCUT2D eigenvalue weighted by Gasteiger charge is 2.21. The Balaban J connectivity index is 2.57. The summed E-state index contributed by atoms with van der Waals surface area (Å²) >= 11 is 0. The first-order valence-electron chi connectivity index (χ1n) is 3.20. The van der Waals surface area contributed by atoms with Gasteiger partial charge in [0, 0.05) is 6.42 Å². The van der Waals surface area contributed by atoms with Gasteiger partial charge in [0.15, 0.2) is 0 Å². The van der Waals surface area contributed by atoms with Crippen LogP contribution in [0.1, 0.15) is 17.3 Å². The van der Waals surface area contributed by atoms with Crippen LogP contribution in [-0.4, -0.2) is 0 Å². The molecule has 1 aliphatic rings. The molecule has 0 heterocycles. The largest absolute Gasteiger partial charge is 0.242 e. The van der Waals surface area contributed by atoms with Crippen LogP contribution < -0.4 is 0 Å². The Labute approximate surface area is 57.5 Å². The third-order valence-electron chi connectivity index (χ3n) is 1.83. The van der Waals surface area contributed by atoms with Crippen LogP contribution in [0.2, 0.25) is 0 Å². The predicted molar refractivity (Wildman–Crippen MR) is 34.0 cm³/mol. The van der Waals surface area contributed by atoms with E-state index in [1.807, 2.05) is 0 Å². The second-order valence-electron chi connectivity index (χ2n) is 2.52. The van der Waals surface area contributed by atoms with Gasteiger partial charge in [0.1, 0.15) is 12.0 Å². The van der Waals surface area contributed by atoms with Gasteiger partial charge in [0.2, 0.25) is 0 Å². The zero-order valence-electron chi connectivity index (χ0n) is 5.27. The van der Waals surface area contributed by atoms with E-state index in [-0.39, 0.29) is 12.2 Å². The van der Waals surface area contributed by atoms with E-state index in [1.165, 1.54) is 12.1 Å². The minimum absolute atomic E-state index is 0.216. The van der Waals surface area contributed by atoms with E-state index in [2.05, 4.69) is 0 Å². The fourth-order valence-electron chi connectivity index (χ4n) is 1.26. The third-order valence-corrected chi connectivity index (χ3v) is 1.83. The molecule has 0 aliphatic heterocycles. The molecule has 2 heteroatoms. The van der Waals surface area contributed by atoms with Gasteiger partial charge in [-0.15, -0.1) is 0 Å². The summed E-state index contributed by atoms with van der Waals surface area (Å²) in [6.07, 6.45) is -0.756. The summed E-state index contributed by atoms with van der Waals surface area (Å²) in [7, 11) is 0. The van der Waals surface area contributed by atoms with Crippen LogP contribution in [0, 0.1) is 5.82 Å². The Morgan fingerprint density at radius 3 is 2.90 bits per heavy atom. The molecule has 0 spiro atoms. The second-order valence-corrected chi connectivity index (χ2v) is 2.52. The lowest BCUT2D eigenvalue weighted by Crippen LogP contribution is -1.84. The molecule has 0 fully saturated rings. The highest BCUT2D eigenvalue weighted by molar-refractivity contribution is 5.33. The van der Waals surface area contributed by atoms with E-state index < -0.39 is 6.17 Å². The first kappa shape index (κ1) is 5.83. The Morgan fingerprint density at radius 1 is 1.40 bits per heavy atom. The number of fused-ring (bicyclic) bond motifs is 2. The number of benzene rings is 1. The van der Waals surface area contributed by atoms with Gasteiger partial charge in [-0.05, 0) is 23.3 Å². The monoisotopic (exact) mass is 140 g/mol. The summed E-state index contributed by atoms with van der Waals surface area (Å²) in [5, 5.41) is 0. The molecule has 1 aliphatic carbocycles. The molecule has 0 nitrogen and oxygen atoms in total. The molecular formula is C8H6F2. The standard InChI is InChI=1S/C8H6F2/c9-7-2-1-5-3-6(7)4-8(5)10/h1-3,8H,4H2. The van der Waals surface area contributed by atoms with E-state index >= 15 is 0 Å². The topological polar surface area (TPSA) is 0 Å². The molecule has 1 atom stereocenters. The molecule has 2 rings (SSSR count). The average Bonchev–Trinajstić information content (AvgIpc) is 2.21. The van der Waals surface area contributed by atoms with Crippen molar-refractivity contribution >= 4 is 0 Å². The lowest BCUT2D eigenvalue weighted by atomic mass is 10.2. The quantitative estimate of drug-likeness (QED) is 0.519. The Kier molecular flexibility index (Phi) is 1.04. The molecule has 0 saturated heterocycles. The third kappa shape index (κ3) is 0.649. The van der Waals surface area contributed by atoms with Crippen LogP contribution in [0.15, 0.2) is 18.2 Å². The highest BCUT2D eigenvalue weighted by atomic mass is 19.1. The molecule has 0 radical (unpaired) electrons. The average molecular weight is 140 g/mol. The summed E-state index contributed by atoms with van der Waals surface area (Å²) in [6, 6.07) is 4.40. The molecule has 0 N–H and O–H groups in total. The normalized spacial score (nSPS) is 21.6. The van der Waals surface area contributed by atoms with Crippen LogP contribution in [0.4, 0.5) is 8.78 Å². The first-order valence-corrected chi connectivity index (χ1v) is 3.20. The van der Waals surface area contributed by atoms with Crippen LogP contribution in [0.3, 0.4) is 0 Å². The van der Waals surface area contributed by atoms with Crippen molar-refractivity contribution in [2.45, 2.75) is 12.6 Å². The van der Waals surface area contributed by atoms with E-state index in [9.17, 15) is 8.78 Å². The van der Waals surface area contributed by atoms with Gasteiger partial charge in [-0.2, -0.15) is 0 Å². The highest BCUT2D eigenvalue weighted by Crippen LogP contribution is 2.31. The molecular weight excluding hydrogens is 134 g/mol. The Hall–Kier alpha value is -0.920. The fraction of sp³-hybridized carbons (Fsp3) is 0.250. The van der Waals surface area contributed by atoms with Crippen LogP contribution in [-0.2, 0) is 6.42 Å². The van der Waals surface area contributed by atoms with E-state index in [0.717, 1.165) is 0 Å². The molecule has 1 unspecified atom stereocenters. The first-order chi connectivity index (χ1) is 4.77. The van der Waals surface area contributed by atoms with Crippen molar-refractivity contribution in [1.82, 2.24) is 0 Å².